The van der Waals surface area contributed by atoms with Gasteiger partial charge in [-0.25, -0.2) is 4.39 Å². The monoisotopic (exact) mass is 235 g/mol. The second kappa shape index (κ2) is 5.13. The molecule has 0 spiro atoms. The first-order valence-electron chi connectivity index (χ1n) is 5.54. The smallest absolute Gasteiger partial charge is 0.247 e. The summed E-state index contributed by atoms with van der Waals surface area (Å²) in [5.74, 6) is -0.388. The summed E-state index contributed by atoms with van der Waals surface area (Å²) < 4.78 is 12.7. The van der Waals surface area contributed by atoms with Crippen LogP contribution in [0.25, 0.3) is 6.08 Å². The number of rotatable bonds is 2. The van der Waals surface area contributed by atoms with E-state index in [1.165, 1.54) is 12.1 Å². The highest BCUT2D eigenvalue weighted by molar-refractivity contribution is 5.97. The Balaban J connectivity index is 2.79. The van der Waals surface area contributed by atoms with Crippen LogP contribution in [-0.2, 0) is 4.79 Å². The number of halogens is 1. The van der Waals surface area contributed by atoms with E-state index in [2.05, 4.69) is 5.32 Å². The molecule has 0 heterocycles. The fourth-order valence-electron chi connectivity index (χ4n) is 1.31. The summed E-state index contributed by atoms with van der Waals surface area (Å²) >= 11 is 0. The van der Waals surface area contributed by atoms with Gasteiger partial charge in [-0.05, 0) is 51.5 Å². The normalized spacial score (nSPS) is 12.4. The van der Waals surface area contributed by atoms with E-state index in [1.807, 2.05) is 20.8 Å². The van der Waals surface area contributed by atoms with Crippen molar-refractivity contribution in [1.82, 2.24) is 5.32 Å². The molecule has 0 bridgehead atoms. The van der Waals surface area contributed by atoms with Gasteiger partial charge < -0.3 is 5.32 Å². The Morgan fingerprint density at radius 1 is 1.24 bits per heavy atom. The molecule has 1 amide bonds. The Kier molecular flexibility index (Phi) is 4.05. The molecule has 3 heteroatoms. The van der Waals surface area contributed by atoms with Crippen LogP contribution in [0.5, 0.6) is 0 Å². The molecule has 1 N–H and O–H groups in total. The summed E-state index contributed by atoms with van der Waals surface area (Å²) in [5, 5.41) is 2.87. The highest BCUT2D eigenvalue weighted by Crippen LogP contribution is 2.09. The number of hydrogen-bond acceptors (Lipinski definition) is 1. The maximum atomic E-state index is 12.7. The van der Waals surface area contributed by atoms with Gasteiger partial charge in [0.15, 0.2) is 0 Å². The zero-order valence-corrected chi connectivity index (χ0v) is 10.7. The first-order chi connectivity index (χ1) is 7.78. The maximum Gasteiger partial charge on any atom is 0.247 e. The van der Waals surface area contributed by atoms with Gasteiger partial charge in [0.05, 0.1) is 0 Å². The highest BCUT2D eigenvalue weighted by Gasteiger charge is 2.14. The SMILES string of the molecule is C/C(=C\c1ccc(F)cc1)C(=O)NC(C)(C)C. The quantitative estimate of drug-likeness (QED) is 0.784. The third-order valence-corrected chi connectivity index (χ3v) is 2.10. The largest absolute Gasteiger partial charge is 0.348 e. The van der Waals surface area contributed by atoms with Crippen LogP contribution in [0.15, 0.2) is 29.8 Å². The van der Waals surface area contributed by atoms with Gasteiger partial charge in [0, 0.05) is 11.1 Å². The van der Waals surface area contributed by atoms with Gasteiger partial charge in [-0.15, -0.1) is 0 Å². The maximum absolute atomic E-state index is 12.7. The van der Waals surface area contributed by atoms with Crippen molar-refractivity contribution < 1.29 is 9.18 Å². The molecule has 2 nitrogen and oxygen atoms in total. The standard InChI is InChI=1S/C14H18FNO/c1-10(13(17)16-14(2,3)4)9-11-5-7-12(15)8-6-11/h5-9H,1-4H3,(H,16,17)/b10-9+. The molecule has 0 aromatic heterocycles. The van der Waals surface area contributed by atoms with Crippen LogP contribution < -0.4 is 5.32 Å². The van der Waals surface area contributed by atoms with Crippen LogP contribution in [-0.4, -0.2) is 11.4 Å². The number of nitrogens with one attached hydrogen (secondary N) is 1. The molecule has 0 saturated carbocycles. The molecule has 17 heavy (non-hydrogen) atoms. The first kappa shape index (κ1) is 13.4. The number of hydrogen-bond donors (Lipinski definition) is 1. The molecular formula is C14H18FNO. The second-order valence-corrected chi connectivity index (χ2v) is 5.08. The summed E-state index contributed by atoms with van der Waals surface area (Å²) in [5.41, 5.74) is 1.16. The second-order valence-electron chi connectivity index (χ2n) is 5.08. The van der Waals surface area contributed by atoms with Gasteiger partial charge in [-0.3, -0.25) is 4.79 Å². The van der Waals surface area contributed by atoms with Gasteiger partial charge in [0.25, 0.3) is 0 Å². The molecule has 0 unspecified atom stereocenters. The van der Waals surface area contributed by atoms with Crippen molar-refractivity contribution in [1.29, 1.82) is 0 Å². The van der Waals surface area contributed by atoms with Crippen molar-refractivity contribution >= 4 is 12.0 Å². The van der Waals surface area contributed by atoms with Gasteiger partial charge >= 0.3 is 0 Å². The first-order valence-corrected chi connectivity index (χ1v) is 5.54. The minimum Gasteiger partial charge on any atom is -0.348 e. The van der Waals surface area contributed by atoms with Gasteiger partial charge in [-0.2, -0.15) is 0 Å². The van der Waals surface area contributed by atoms with Gasteiger partial charge in [0.1, 0.15) is 5.82 Å². The molecule has 1 aromatic carbocycles. The average Bonchev–Trinajstić information content (AvgIpc) is 2.19. The summed E-state index contributed by atoms with van der Waals surface area (Å²) in [6, 6.07) is 6.04. The van der Waals surface area contributed by atoms with E-state index >= 15 is 0 Å². The molecule has 0 radical (unpaired) electrons. The predicted octanol–water partition coefficient (Wildman–Crippen LogP) is 3.14. The van der Waals surface area contributed by atoms with Crippen molar-refractivity contribution in [3.05, 3.63) is 41.2 Å². The van der Waals surface area contributed by atoms with Crippen LogP contribution in [0.4, 0.5) is 4.39 Å². The molecule has 0 fully saturated rings. The van der Waals surface area contributed by atoms with Crippen LogP contribution in [0.3, 0.4) is 0 Å². The Hall–Kier alpha value is -1.64. The molecule has 0 saturated heterocycles. The van der Waals surface area contributed by atoms with Crippen LogP contribution >= 0.6 is 0 Å². The lowest BCUT2D eigenvalue weighted by Gasteiger charge is -2.20. The number of benzene rings is 1. The summed E-state index contributed by atoms with van der Waals surface area (Å²) in [6.07, 6.45) is 1.74. The average molecular weight is 235 g/mol. The van der Waals surface area contributed by atoms with Crippen molar-refractivity contribution in [2.24, 2.45) is 0 Å². The Morgan fingerprint density at radius 2 is 1.76 bits per heavy atom. The molecule has 92 valence electrons. The fraction of sp³-hybridized carbons (Fsp3) is 0.357. The lowest BCUT2D eigenvalue weighted by molar-refractivity contribution is -0.118. The zero-order chi connectivity index (χ0) is 13.1. The fourth-order valence-corrected chi connectivity index (χ4v) is 1.31. The molecule has 0 atom stereocenters. The van der Waals surface area contributed by atoms with Crippen molar-refractivity contribution in [2.45, 2.75) is 33.2 Å². The lowest BCUT2D eigenvalue weighted by Crippen LogP contribution is -2.40. The topological polar surface area (TPSA) is 29.1 Å². The van der Waals surface area contributed by atoms with Crippen LogP contribution in [0, 0.1) is 5.82 Å². The van der Waals surface area contributed by atoms with Crippen LogP contribution in [0.2, 0.25) is 0 Å². The van der Waals surface area contributed by atoms with E-state index in [-0.39, 0.29) is 17.3 Å². The Bertz CT molecular complexity index is 427. The number of carbonyl (C=O) groups is 1. The highest BCUT2D eigenvalue weighted by atomic mass is 19.1. The molecular weight excluding hydrogens is 217 g/mol. The molecule has 0 aliphatic carbocycles. The van der Waals surface area contributed by atoms with Crippen LogP contribution in [0.1, 0.15) is 33.3 Å². The van der Waals surface area contributed by atoms with E-state index in [0.29, 0.717) is 5.57 Å². The van der Waals surface area contributed by atoms with Crippen molar-refractivity contribution in [3.8, 4) is 0 Å². The summed E-state index contributed by atoms with van der Waals surface area (Å²) in [6.45, 7) is 7.52. The number of carbonyl (C=O) groups excluding carboxylic acids is 1. The molecule has 1 rings (SSSR count). The minimum absolute atomic E-state index is 0.109. The molecule has 0 aliphatic heterocycles. The summed E-state index contributed by atoms with van der Waals surface area (Å²) in [7, 11) is 0. The minimum atomic E-state index is -0.279. The Morgan fingerprint density at radius 3 is 2.24 bits per heavy atom. The predicted molar refractivity (Wildman–Crippen MR) is 67.9 cm³/mol. The van der Waals surface area contributed by atoms with E-state index in [0.717, 1.165) is 5.56 Å². The lowest BCUT2D eigenvalue weighted by atomic mass is 10.1. The van der Waals surface area contributed by atoms with Gasteiger partial charge in [0.2, 0.25) is 5.91 Å². The van der Waals surface area contributed by atoms with Crippen molar-refractivity contribution in [3.63, 3.8) is 0 Å². The molecule has 0 aliphatic rings. The van der Waals surface area contributed by atoms with E-state index in [1.54, 1.807) is 25.1 Å². The summed E-state index contributed by atoms with van der Waals surface area (Å²) in [4.78, 5) is 11.8. The Labute approximate surface area is 102 Å². The number of amides is 1. The molecule has 1 aromatic rings. The zero-order valence-electron chi connectivity index (χ0n) is 10.7. The van der Waals surface area contributed by atoms with E-state index in [9.17, 15) is 9.18 Å². The van der Waals surface area contributed by atoms with E-state index in [4.69, 9.17) is 0 Å². The van der Waals surface area contributed by atoms with E-state index < -0.39 is 0 Å². The third-order valence-electron chi connectivity index (χ3n) is 2.10. The third kappa shape index (κ3) is 4.81. The van der Waals surface area contributed by atoms with Gasteiger partial charge in [-0.1, -0.05) is 12.1 Å². The van der Waals surface area contributed by atoms with Crippen molar-refractivity contribution in [2.75, 3.05) is 0 Å².